The van der Waals surface area contributed by atoms with Gasteiger partial charge in [-0.25, -0.2) is 4.39 Å². The highest BCUT2D eigenvalue weighted by molar-refractivity contribution is 5.97. The van der Waals surface area contributed by atoms with Crippen molar-refractivity contribution in [3.8, 4) is 0 Å². The summed E-state index contributed by atoms with van der Waals surface area (Å²) in [5.74, 6) is 0.178. The van der Waals surface area contributed by atoms with Gasteiger partial charge in [-0.05, 0) is 35.9 Å². The Morgan fingerprint density at radius 2 is 2.00 bits per heavy atom. The van der Waals surface area contributed by atoms with Gasteiger partial charge in [-0.2, -0.15) is 0 Å². The molecule has 0 amide bonds. The monoisotopic (exact) mass is 256 g/mol. The average molecular weight is 256 g/mol. The van der Waals surface area contributed by atoms with E-state index in [4.69, 9.17) is 5.73 Å². The van der Waals surface area contributed by atoms with Gasteiger partial charge in [0.15, 0.2) is 5.96 Å². The quantitative estimate of drug-likeness (QED) is 0.895. The minimum Gasteiger partial charge on any atom is -0.369 e. The molecule has 1 aliphatic heterocycles. The predicted molar refractivity (Wildman–Crippen MR) is 72.3 cm³/mol. The first-order chi connectivity index (χ1) is 9.25. The number of hydrogen-bond donors (Lipinski definition) is 1. The lowest BCUT2D eigenvalue weighted by atomic mass is 10.1. The molecule has 0 aliphatic carbocycles. The number of nitrogens with two attached hydrogens (primary N) is 1. The van der Waals surface area contributed by atoms with E-state index in [-0.39, 0.29) is 11.9 Å². The van der Waals surface area contributed by atoms with E-state index in [9.17, 15) is 4.39 Å². The van der Waals surface area contributed by atoms with Crippen LogP contribution in [0.25, 0.3) is 0 Å². The van der Waals surface area contributed by atoms with E-state index in [1.165, 1.54) is 12.1 Å². The fourth-order valence-electron chi connectivity index (χ4n) is 2.24. The number of aliphatic imine (C=N–C) groups is 1. The zero-order valence-electron chi connectivity index (χ0n) is 10.2. The molecule has 2 heterocycles. The number of rotatable bonds is 2. The van der Waals surface area contributed by atoms with Crippen LogP contribution in [0.4, 0.5) is 10.1 Å². The molecule has 96 valence electrons. The molecule has 1 unspecified atom stereocenters. The van der Waals surface area contributed by atoms with Crippen molar-refractivity contribution < 1.29 is 4.39 Å². The van der Waals surface area contributed by atoms with Crippen molar-refractivity contribution in [2.24, 2.45) is 10.7 Å². The highest BCUT2D eigenvalue weighted by atomic mass is 19.1. The molecular weight excluding hydrogens is 243 g/mol. The summed E-state index contributed by atoms with van der Waals surface area (Å²) in [6.07, 6.45) is 3.53. The molecule has 0 saturated carbocycles. The Bertz CT molecular complexity index is 595. The summed E-state index contributed by atoms with van der Waals surface area (Å²) in [6, 6.07) is 10.1. The van der Waals surface area contributed by atoms with Gasteiger partial charge in [0.2, 0.25) is 0 Å². The van der Waals surface area contributed by atoms with Gasteiger partial charge in [-0.1, -0.05) is 6.07 Å². The van der Waals surface area contributed by atoms with Gasteiger partial charge >= 0.3 is 0 Å². The van der Waals surface area contributed by atoms with Crippen molar-refractivity contribution >= 4 is 11.6 Å². The number of anilines is 1. The number of nitrogens with zero attached hydrogens (tertiary/aromatic N) is 3. The molecule has 0 radical (unpaired) electrons. The van der Waals surface area contributed by atoms with Crippen LogP contribution >= 0.6 is 0 Å². The van der Waals surface area contributed by atoms with Crippen molar-refractivity contribution in [2.45, 2.75) is 6.04 Å². The molecule has 2 aromatic rings. The highest BCUT2D eigenvalue weighted by Crippen LogP contribution is 2.30. The first-order valence-electron chi connectivity index (χ1n) is 6.00. The number of benzene rings is 1. The number of halogens is 1. The molecule has 1 aromatic heterocycles. The molecule has 3 rings (SSSR count). The third kappa shape index (κ3) is 2.14. The molecule has 0 saturated heterocycles. The fourth-order valence-corrected chi connectivity index (χ4v) is 2.24. The normalized spacial score (nSPS) is 18.5. The number of aromatic nitrogens is 1. The highest BCUT2D eigenvalue weighted by Gasteiger charge is 2.28. The van der Waals surface area contributed by atoms with Crippen LogP contribution in [-0.4, -0.2) is 17.5 Å². The largest absolute Gasteiger partial charge is 0.369 e. The molecule has 0 bridgehead atoms. The Morgan fingerprint density at radius 3 is 2.68 bits per heavy atom. The maximum Gasteiger partial charge on any atom is 0.196 e. The van der Waals surface area contributed by atoms with Crippen LogP contribution in [0.3, 0.4) is 0 Å². The van der Waals surface area contributed by atoms with E-state index in [2.05, 4.69) is 9.98 Å². The van der Waals surface area contributed by atoms with Crippen molar-refractivity contribution in [1.82, 2.24) is 4.98 Å². The van der Waals surface area contributed by atoms with Gasteiger partial charge in [0.25, 0.3) is 0 Å². The molecule has 19 heavy (non-hydrogen) atoms. The molecule has 4 nitrogen and oxygen atoms in total. The van der Waals surface area contributed by atoms with Crippen LogP contribution in [0.15, 0.2) is 53.8 Å². The predicted octanol–water partition coefficient (Wildman–Crippen LogP) is 2.10. The summed E-state index contributed by atoms with van der Waals surface area (Å²) in [5, 5.41) is 0. The van der Waals surface area contributed by atoms with Crippen molar-refractivity contribution in [3.05, 3.63) is 60.2 Å². The minimum atomic E-state index is -0.267. The lowest BCUT2D eigenvalue weighted by molar-refractivity contribution is 0.627. The van der Waals surface area contributed by atoms with E-state index >= 15 is 0 Å². The molecular formula is C14H13FN4. The smallest absolute Gasteiger partial charge is 0.196 e. The second-order valence-corrected chi connectivity index (χ2v) is 4.35. The number of pyridine rings is 1. The van der Waals surface area contributed by atoms with E-state index < -0.39 is 0 Å². The lowest BCUT2D eigenvalue weighted by Crippen LogP contribution is -2.36. The zero-order valence-corrected chi connectivity index (χ0v) is 10.2. The maximum atomic E-state index is 13.0. The Morgan fingerprint density at radius 1 is 1.21 bits per heavy atom. The van der Waals surface area contributed by atoms with E-state index in [0.29, 0.717) is 12.5 Å². The Labute approximate surface area is 110 Å². The van der Waals surface area contributed by atoms with Gasteiger partial charge in [0, 0.05) is 18.1 Å². The first-order valence-corrected chi connectivity index (χ1v) is 6.00. The Balaban J connectivity index is 1.97. The van der Waals surface area contributed by atoms with Crippen LogP contribution in [0, 0.1) is 5.82 Å². The van der Waals surface area contributed by atoms with Crippen molar-refractivity contribution in [2.75, 3.05) is 11.4 Å². The SMILES string of the molecule is NC1=NCC(c2cccnc2)N1c1ccc(F)cc1. The van der Waals surface area contributed by atoms with Crippen LogP contribution in [-0.2, 0) is 0 Å². The third-order valence-electron chi connectivity index (χ3n) is 3.16. The summed E-state index contributed by atoms with van der Waals surface area (Å²) in [5.41, 5.74) is 7.80. The summed E-state index contributed by atoms with van der Waals surface area (Å²) < 4.78 is 13.0. The fraction of sp³-hybridized carbons (Fsp3) is 0.143. The van der Waals surface area contributed by atoms with Crippen LogP contribution in [0.1, 0.15) is 11.6 Å². The van der Waals surface area contributed by atoms with E-state index in [0.717, 1.165) is 11.3 Å². The van der Waals surface area contributed by atoms with Crippen molar-refractivity contribution in [1.29, 1.82) is 0 Å². The number of hydrogen-bond acceptors (Lipinski definition) is 4. The summed E-state index contributed by atoms with van der Waals surface area (Å²) in [7, 11) is 0. The molecule has 0 fully saturated rings. The third-order valence-corrected chi connectivity index (χ3v) is 3.16. The number of guanidine groups is 1. The Hall–Kier alpha value is -2.43. The van der Waals surface area contributed by atoms with Gasteiger partial charge in [-0.15, -0.1) is 0 Å². The van der Waals surface area contributed by atoms with Crippen molar-refractivity contribution in [3.63, 3.8) is 0 Å². The van der Waals surface area contributed by atoms with Gasteiger partial charge < -0.3 is 10.6 Å². The van der Waals surface area contributed by atoms with E-state index in [1.54, 1.807) is 24.5 Å². The second kappa shape index (κ2) is 4.68. The minimum absolute atomic E-state index is 0.0131. The van der Waals surface area contributed by atoms with Crippen LogP contribution in [0.5, 0.6) is 0 Å². The molecule has 1 atom stereocenters. The van der Waals surface area contributed by atoms with Crippen LogP contribution in [0.2, 0.25) is 0 Å². The molecule has 1 aliphatic rings. The van der Waals surface area contributed by atoms with E-state index in [1.807, 2.05) is 17.0 Å². The maximum absolute atomic E-state index is 13.0. The summed E-state index contributed by atoms with van der Waals surface area (Å²) in [4.78, 5) is 10.3. The molecule has 5 heteroatoms. The summed E-state index contributed by atoms with van der Waals surface area (Å²) >= 11 is 0. The zero-order chi connectivity index (χ0) is 13.2. The molecule has 1 aromatic carbocycles. The average Bonchev–Trinajstić information content (AvgIpc) is 2.83. The lowest BCUT2D eigenvalue weighted by Gasteiger charge is -2.26. The first kappa shape index (κ1) is 11.6. The van der Waals surface area contributed by atoms with Gasteiger partial charge in [-0.3, -0.25) is 9.98 Å². The van der Waals surface area contributed by atoms with Crippen LogP contribution < -0.4 is 10.6 Å². The second-order valence-electron chi connectivity index (χ2n) is 4.35. The molecule has 2 N–H and O–H groups in total. The topological polar surface area (TPSA) is 54.5 Å². The van der Waals surface area contributed by atoms with Gasteiger partial charge in [0.05, 0.1) is 12.6 Å². The standard InChI is InChI=1S/C14H13FN4/c15-11-3-5-12(6-4-11)19-13(9-18-14(19)16)10-2-1-7-17-8-10/h1-8,13H,9H2,(H2,16,18). The Kier molecular flexibility index (Phi) is 2.87. The molecule has 0 spiro atoms. The van der Waals surface area contributed by atoms with Gasteiger partial charge in [0.1, 0.15) is 5.82 Å². The summed E-state index contributed by atoms with van der Waals surface area (Å²) in [6.45, 7) is 0.578.